The number of aromatic hydroxyl groups is 1. The Morgan fingerprint density at radius 3 is 2.54 bits per heavy atom. The fraction of sp³-hybridized carbons (Fsp3) is 0. The molecule has 3 rings (SSSR count). The predicted molar refractivity (Wildman–Crippen MR) is 97.7 cm³/mol. The van der Waals surface area contributed by atoms with Crippen molar-refractivity contribution in [1.29, 1.82) is 0 Å². The van der Waals surface area contributed by atoms with E-state index in [0.717, 1.165) is 15.2 Å². The molecule has 0 aliphatic heterocycles. The lowest BCUT2D eigenvalue weighted by atomic mass is 10.0. The van der Waals surface area contributed by atoms with Gasteiger partial charge in [0.05, 0.1) is 11.1 Å². The standard InChI is InChI=1S/C17H13BrN2O3S/c18-13-7-8-15-12(10-13)6-9-17(21)16(15)11-19-20-24(22,23)14-4-2-1-3-5-14/h1-11,20-21H/b19-11+. The van der Waals surface area contributed by atoms with Crippen molar-refractivity contribution in [1.82, 2.24) is 4.83 Å². The minimum Gasteiger partial charge on any atom is -0.507 e. The zero-order chi connectivity index (χ0) is 17.2. The molecule has 24 heavy (non-hydrogen) atoms. The Hall–Kier alpha value is -2.38. The van der Waals surface area contributed by atoms with E-state index in [4.69, 9.17) is 0 Å². The van der Waals surface area contributed by atoms with Crippen LogP contribution in [0.25, 0.3) is 10.8 Å². The number of rotatable bonds is 4. The third-order valence-electron chi connectivity index (χ3n) is 3.42. The summed E-state index contributed by atoms with van der Waals surface area (Å²) in [7, 11) is -3.74. The van der Waals surface area contributed by atoms with Gasteiger partial charge in [-0.2, -0.15) is 13.5 Å². The van der Waals surface area contributed by atoms with Gasteiger partial charge in [-0.25, -0.2) is 4.83 Å². The number of hydrogen-bond acceptors (Lipinski definition) is 4. The number of fused-ring (bicyclic) bond motifs is 1. The lowest BCUT2D eigenvalue weighted by Crippen LogP contribution is -2.18. The van der Waals surface area contributed by atoms with Gasteiger partial charge in [-0.15, -0.1) is 0 Å². The molecule has 0 spiro atoms. The molecule has 0 saturated heterocycles. The number of nitrogens with one attached hydrogen (secondary N) is 1. The van der Waals surface area contributed by atoms with Gasteiger partial charge in [0.25, 0.3) is 10.0 Å². The largest absolute Gasteiger partial charge is 0.507 e. The Morgan fingerprint density at radius 2 is 1.79 bits per heavy atom. The summed E-state index contributed by atoms with van der Waals surface area (Å²) < 4.78 is 25.2. The highest BCUT2D eigenvalue weighted by atomic mass is 79.9. The first kappa shape index (κ1) is 16.5. The highest BCUT2D eigenvalue weighted by molar-refractivity contribution is 9.10. The van der Waals surface area contributed by atoms with E-state index < -0.39 is 10.0 Å². The normalized spacial score (nSPS) is 11.9. The van der Waals surface area contributed by atoms with Gasteiger partial charge in [0.15, 0.2) is 0 Å². The number of phenolic OH excluding ortho intramolecular Hbond substituents is 1. The zero-order valence-electron chi connectivity index (χ0n) is 12.3. The fourth-order valence-corrected chi connectivity index (χ4v) is 3.45. The van der Waals surface area contributed by atoms with E-state index in [-0.39, 0.29) is 10.6 Å². The SMILES string of the molecule is O=S(=O)(N/N=C/c1c(O)ccc2cc(Br)ccc12)c1ccccc1. The summed E-state index contributed by atoms with van der Waals surface area (Å²) in [6, 6.07) is 16.8. The Bertz CT molecular complexity index is 1020. The summed E-state index contributed by atoms with van der Waals surface area (Å²) in [6.07, 6.45) is 1.30. The van der Waals surface area contributed by atoms with Crippen LogP contribution in [-0.2, 0) is 10.0 Å². The Kier molecular flexibility index (Phi) is 4.55. The Morgan fingerprint density at radius 1 is 1.04 bits per heavy atom. The minimum absolute atomic E-state index is 0.0208. The summed E-state index contributed by atoms with van der Waals surface area (Å²) in [4.78, 5) is 2.27. The molecule has 0 saturated carbocycles. The molecule has 0 bridgehead atoms. The molecular weight excluding hydrogens is 392 g/mol. The maximum atomic E-state index is 12.1. The fourth-order valence-electron chi connectivity index (χ4n) is 2.26. The van der Waals surface area contributed by atoms with Crippen molar-refractivity contribution in [2.24, 2.45) is 5.10 Å². The van der Waals surface area contributed by atoms with Gasteiger partial charge in [0, 0.05) is 10.0 Å². The van der Waals surface area contributed by atoms with Crippen LogP contribution in [-0.4, -0.2) is 19.7 Å². The number of phenols is 1. The van der Waals surface area contributed by atoms with E-state index in [1.165, 1.54) is 18.3 Å². The molecule has 5 nitrogen and oxygen atoms in total. The van der Waals surface area contributed by atoms with Crippen LogP contribution in [0.3, 0.4) is 0 Å². The lowest BCUT2D eigenvalue weighted by Gasteiger charge is -2.06. The van der Waals surface area contributed by atoms with Gasteiger partial charge in [-0.3, -0.25) is 0 Å². The highest BCUT2D eigenvalue weighted by Crippen LogP contribution is 2.28. The molecule has 3 aromatic rings. The molecule has 122 valence electrons. The molecule has 0 heterocycles. The molecule has 0 atom stereocenters. The van der Waals surface area contributed by atoms with Crippen LogP contribution in [0.4, 0.5) is 0 Å². The molecule has 0 radical (unpaired) electrons. The summed E-state index contributed by atoms with van der Waals surface area (Å²) >= 11 is 3.39. The van der Waals surface area contributed by atoms with Gasteiger partial charge < -0.3 is 5.11 Å². The first-order valence-corrected chi connectivity index (χ1v) is 9.26. The van der Waals surface area contributed by atoms with Crippen LogP contribution in [0, 0.1) is 0 Å². The third-order valence-corrected chi connectivity index (χ3v) is 5.15. The smallest absolute Gasteiger partial charge is 0.276 e. The van der Waals surface area contributed by atoms with Crippen molar-refractivity contribution < 1.29 is 13.5 Å². The summed E-state index contributed by atoms with van der Waals surface area (Å²) in [5.41, 5.74) is 0.441. The second-order valence-electron chi connectivity index (χ2n) is 5.03. The second-order valence-corrected chi connectivity index (χ2v) is 7.61. The molecule has 3 aromatic carbocycles. The molecule has 0 fully saturated rings. The van der Waals surface area contributed by atoms with Gasteiger partial charge in [0.2, 0.25) is 0 Å². The van der Waals surface area contributed by atoms with Crippen LogP contribution in [0.15, 0.2) is 75.1 Å². The number of nitrogens with zero attached hydrogens (tertiary/aromatic N) is 1. The molecule has 0 aliphatic carbocycles. The number of benzene rings is 3. The van der Waals surface area contributed by atoms with Crippen molar-refractivity contribution in [2.45, 2.75) is 4.90 Å². The third kappa shape index (κ3) is 3.42. The van der Waals surface area contributed by atoms with E-state index in [2.05, 4.69) is 25.9 Å². The molecule has 0 aliphatic rings. The van der Waals surface area contributed by atoms with Crippen molar-refractivity contribution in [2.75, 3.05) is 0 Å². The number of sulfonamides is 1. The monoisotopic (exact) mass is 404 g/mol. The first-order valence-electron chi connectivity index (χ1n) is 6.98. The minimum atomic E-state index is -3.74. The van der Waals surface area contributed by atoms with Gasteiger partial charge in [0.1, 0.15) is 5.75 Å². The molecule has 0 aromatic heterocycles. The Balaban J connectivity index is 1.93. The van der Waals surface area contributed by atoms with E-state index in [0.29, 0.717) is 5.56 Å². The van der Waals surface area contributed by atoms with Crippen LogP contribution >= 0.6 is 15.9 Å². The number of hydrazone groups is 1. The molecule has 0 unspecified atom stereocenters. The van der Waals surface area contributed by atoms with Crippen molar-refractivity contribution in [3.05, 3.63) is 70.7 Å². The maximum absolute atomic E-state index is 12.1. The first-order chi connectivity index (χ1) is 11.5. The average Bonchev–Trinajstić information content (AvgIpc) is 2.57. The van der Waals surface area contributed by atoms with E-state index >= 15 is 0 Å². The molecule has 0 amide bonds. The van der Waals surface area contributed by atoms with Crippen molar-refractivity contribution >= 4 is 42.9 Å². The predicted octanol–water partition coefficient (Wildman–Crippen LogP) is 3.62. The van der Waals surface area contributed by atoms with E-state index in [1.54, 1.807) is 30.3 Å². The van der Waals surface area contributed by atoms with E-state index in [9.17, 15) is 13.5 Å². The van der Waals surface area contributed by atoms with Crippen LogP contribution in [0.5, 0.6) is 5.75 Å². The number of halogens is 1. The maximum Gasteiger partial charge on any atom is 0.276 e. The van der Waals surface area contributed by atoms with Crippen LogP contribution < -0.4 is 4.83 Å². The quantitative estimate of drug-likeness (QED) is 0.514. The van der Waals surface area contributed by atoms with Crippen molar-refractivity contribution in [3.63, 3.8) is 0 Å². The van der Waals surface area contributed by atoms with E-state index in [1.807, 2.05) is 18.2 Å². The summed E-state index contributed by atoms with van der Waals surface area (Å²) in [5.74, 6) is 0.0208. The summed E-state index contributed by atoms with van der Waals surface area (Å²) in [6.45, 7) is 0. The molecule has 7 heteroatoms. The highest BCUT2D eigenvalue weighted by Gasteiger charge is 2.11. The van der Waals surface area contributed by atoms with Gasteiger partial charge >= 0.3 is 0 Å². The summed E-state index contributed by atoms with van der Waals surface area (Å²) in [5, 5.41) is 15.5. The average molecular weight is 405 g/mol. The van der Waals surface area contributed by atoms with Crippen LogP contribution in [0.2, 0.25) is 0 Å². The molecular formula is C17H13BrN2O3S. The molecule has 2 N–H and O–H groups in total. The number of hydrogen-bond donors (Lipinski definition) is 2. The zero-order valence-corrected chi connectivity index (χ0v) is 14.8. The van der Waals surface area contributed by atoms with Gasteiger partial charge in [-0.1, -0.05) is 46.3 Å². The topological polar surface area (TPSA) is 78.8 Å². The lowest BCUT2D eigenvalue weighted by molar-refractivity contribution is 0.475. The van der Waals surface area contributed by atoms with Crippen molar-refractivity contribution in [3.8, 4) is 5.75 Å². The van der Waals surface area contributed by atoms with Crippen LogP contribution in [0.1, 0.15) is 5.56 Å². The van der Waals surface area contributed by atoms with Gasteiger partial charge in [-0.05, 0) is 41.1 Å². The second kappa shape index (κ2) is 6.62. The Labute approximate surface area is 147 Å².